The molecule has 0 radical (unpaired) electrons. The molecule has 0 spiro atoms. The van der Waals surface area contributed by atoms with Gasteiger partial charge in [-0.15, -0.1) is 10.2 Å². The summed E-state index contributed by atoms with van der Waals surface area (Å²) >= 11 is 1.62. The Morgan fingerprint density at radius 2 is 2.19 bits per heavy atom. The Kier molecular flexibility index (Phi) is 3.62. The largest absolute Gasteiger partial charge is 0.344 e. The zero-order valence-corrected chi connectivity index (χ0v) is 13.1. The van der Waals surface area contributed by atoms with E-state index in [0.717, 1.165) is 23.2 Å². The fourth-order valence-corrected chi connectivity index (χ4v) is 2.97. The Bertz CT molecular complexity index is 643. The van der Waals surface area contributed by atoms with Crippen molar-refractivity contribution in [3.8, 4) is 0 Å². The standard InChI is InChI=1S/C13H18N6OS/c1-8(2)12-15-16-13(21-12)19-6-9(7-19)14-11(20)10-4-5-18(3)17-10/h4-5,8-9H,6-7H2,1-3H3,(H,14,20). The van der Waals surface area contributed by atoms with Crippen molar-refractivity contribution in [1.29, 1.82) is 0 Å². The fraction of sp³-hybridized carbons (Fsp3) is 0.538. The third kappa shape index (κ3) is 2.90. The predicted molar refractivity (Wildman–Crippen MR) is 80.7 cm³/mol. The highest BCUT2D eigenvalue weighted by Crippen LogP contribution is 2.28. The number of carbonyl (C=O) groups is 1. The lowest BCUT2D eigenvalue weighted by Gasteiger charge is -2.38. The smallest absolute Gasteiger partial charge is 0.272 e. The zero-order chi connectivity index (χ0) is 15.0. The molecule has 0 aliphatic carbocycles. The van der Waals surface area contributed by atoms with E-state index in [1.165, 1.54) is 0 Å². The Morgan fingerprint density at radius 1 is 1.43 bits per heavy atom. The summed E-state index contributed by atoms with van der Waals surface area (Å²) in [4.78, 5) is 14.1. The summed E-state index contributed by atoms with van der Waals surface area (Å²) in [6, 6.07) is 1.86. The van der Waals surface area contributed by atoms with Crippen LogP contribution in [0.5, 0.6) is 0 Å². The molecule has 21 heavy (non-hydrogen) atoms. The van der Waals surface area contributed by atoms with Crippen LogP contribution in [0.15, 0.2) is 12.3 Å². The second-order valence-electron chi connectivity index (χ2n) is 5.53. The first-order valence-corrected chi connectivity index (χ1v) is 7.73. The van der Waals surface area contributed by atoms with Crippen LogP contribution >= 0.6 is 11.3 Å². The van der Waals surface area contributed by atoms with Crippen molar-refractivity contribution in [2.75, 3.05) is 18.0 Å². The molecule has 3 rings (SSSR count). The van der Waals surface area contributed by atoms with Gasteiger partial charge in [-0.1, -0.05) is 25.2 Å². The highest BCUT2D eigenvalue weighted by Gasteiger charge is 2.31. The average molecular weight is 306 g/mol. The minimum Gasteiger partial charge on any atom is -0.344 e. The van der Waals surface area contributed by atoms with Gasteiger partial charge in [0.05, 0.1) is 6.04 Å². The number of anilines is 1. The molecule has 3 heterocycles. The second kappa shape index (κ2) is 5.44. The number of aromatic nitrogens is 4. The lowest BCUT2D eigenvalue weighted by molar-refractivity contribution is 0.0924. The summed E-state index contributed by atoms with van der Waals surface area (Å²) < 4.78 is 1.62. The highest BCUT2D eigenvalue weighted by atomic mass is 32.1. The number of hydrogen-bond acceptors (Lipinski definition) is 6. The predicted octanol–water partition coefficient (Wildman–Crippen LogP) is 1.01. The number of carbonyl (C=O) groups excluding carboxylic acids is 1. The Labute approximate surface area is 127 Å². The van der Waals surface area contributed by atoms with Gasteiger partial charge in [0.25, 0.3) is 5.91 Å². The van der Waals surface area contributed by atoms with Crippen LogP contribution in [-0.2, 0) is 7.05 Å². The molecule has 112 valence electrons. The van der Waals surface area contributed by atoms with E-state index in [-0.39, 0.29) is 11.9 Å². The zero-order valence-electron chi connectivity index (χ0n) is 12.3. The van der Waals surface area contributed by atoms with E-state index in [2.05, 4.69) is 39.4 Å². The number of rotatable bonds is 4. The van der Waals surface area contributed by atoms with Gasteiger partial charge in [-0.25, -0.2) is 0 Å². The van der Waals surface area contributed by atoms with Crippen molar-refractivity contribution in [3.63, 3.8) is 0 Å². The lowest BCUT2D eigenvalue weighted by atomic mass is 10.1. The lowest BCUT2D eigenvalue weighted by Crippen LogP contribution is -2.59. The molecule has 0 atom stereocenters. The van der Waals surface area contributed by atoms with Crippen molar-refractivity contribution in [2.24, 2.45) is 7.05 Å². The molecule has 0 unspecified atom stereocenters. The van der Waals surface area contributed by atoms with E-state index < -0.39 is 0 Å². The quantitative estimate of drug-likeness (QED) is 0.912. The van der Waals surface area contributed by atoms with E-state index in [1.807, 2.05) is 0 Å². The molecular weight excluding hydrogens is 288 g/mol. The van der Waals surface area contributed by atoms with Gasteiger partial charge in [0.2, 0.25) is 5.13 Å². The van der Waals surface area contributed by atoms with Crippen LogP contribution in [0.2, 0.25) is 0 Å². The molecular formula is C13H18N6OS. The van der Waals surface area contributed by atoms with Gasteiger partial charge in [-0.2, -0.15) is 5.10 Å². The maximum Gasteiger partial charge on any atom is 0.272 e. The highest BCUT2D eigenvalue weighted by molar-refractivity contribution is 7.15. The molecule has 2 aromatic heterocycles. The summed E-state index contributed by atoms with van der Waals surface area (Å²) in [7, 11) is 1.80. The minimum absolute atomic E-state index is 0.125. The van der Waals surface area contributed by atoms with E-state index in [9.17, 15) is 4.79 Å². The van der Waals surface area contributed by atoms with Crippen LogP contribution in [0.25, 0.3) is 0 Å². The second-order valence-corrected chi connectivity index (χ2v) is 6.52. The molecule has 1 aliphatic rings. The number of hydrogen-bond donors (Lipinski definition) is 1. The van der Waals surface area contributed by atoms with Crippen molar-refractivity contribution in [3.05, 3.63) is 23.0 Å². The first-order chi connectivity index (χ1) is 10.0. The first-order valence-electron chi connectivity index (χ1n) is 6.92. The van der Waals surface area contributed by atoms with Crippen molar-refractivity contribution < 1.29 is 4.79 Å². The maximum atomic E-state index is 12.0. The topological polar surface area (TPSA) is 75.9 Å². The molecule has 0 aromatic carbocycles. The average Bonchev–Trinajstić information content (AvgIpc) is 3.01. The third-order valence-corrected chi connectivity index (χ3v) is 4.64. The minimum atomic E-state index is -0.125. The summed E-state index contributed by atoms with van der Waals surface area (Å²) in [6.07, 6.45) is 1.76. The fourth-order valence-electron chi connectivity index (χ4n) is 2.11. The van der Waals surface area contributed by atoms with E-state index >= 15 is 0 Å². The Hall–Kier alpha value is -1.96. The molecule has 1 aliphatic heterocycles. The molecule has 1 saturated heterocycles. The number of nitrogens with one attached hydrogen (secondary N) is 1. The van der Waals surface area contributed by atoms with Crippen LogP contribution in [0.3, 0.4) is 0 Å². The Morgan fingerprint density at radius 3 is 2.76 bits per heavy atom. The molecule has 8 heteroatoms. The van der Waals surface area contributed by atoms with Crippen molar-refractivity contribution in [2.45, 2.75) is 25.8 Å². The van der Waals surface area contributed by atoms with Crippen LogP contribution in [0, 0.1) is 0 Å². The van der Waals surface area contributed by atoms with Gasteiger partial charge in [-0.05, 0) is 6.07 Å². The van der Waals surface area contributed by atoms with Gasteiger partial charge < -0.3 is 10.2 Å². The molecule has 1 fully saturated rings. The van der Waals surface area contributed by atoms with Crippen LogP contribution in [-0.4, -0.2) is 45.0 Å². The number of nitrogens with zero attached hydrogens (tertiary/aromatic N) is 5. The summed E-state index contributed by atoms with van der Waals surface area (Å²) in [5.74, 6) is 0.276. The molecule has 1 amide bonds. The monoisotopic (exact) mass is 306 g/mol. The Balaban J connectivity index is 1.52. The van der Waals surface area contributed by atoms with Crippen molar-refractivity contribution >= 4 is 22.4 Å². The van der Waals surface area contributed by atoms with Gasteiger partial charge in [0, 0.05) is 32.3 Å². The van der Waals surface area contributed by atoms with Gasteiger partial charge in [-0.3, -0.25) is 9.48 Å². The van der Waals surface area contributed by atoms with E-state index in [0.29, 0.717) is 11.6 Å². The molecule has 0 bridgehead atoms. The van der Waals surface area contributed by atoms with Crippen LogP contribution in [0.1, 0.15) is 35.3 Å². The third-order valence-electron chi connectivity index (χ3n) is 3.36. The first kappa shape index (κ1) is 14.0. The molecule has 1 N–H and O–H groups in total. The van der Waals surface area contributed by atoms with Gasteiger partial charge in [0.15, 0.2) is 0 Å². The number of amides is 1. The summed E-state index contributed by atoms with van der Waals surface area (Å²) in [5.41, 5.74) is 0.453. The summed E-state index contributed by atoms with van der Waals surface area (Å²) in [6.45, 7) is 5.75. The number of aryl methyl sites for hydroxylation is 1. The maximum absolute atomic E-state index is 12.0. The van der Waals surface area contributed by atoms with Crippen LogP contribution in [0.4, 0.5) is 5.13 Å². The van der Waals surface area contributed by atoms with Gasteiger partial charge in [0.1, 0.15) is 10.7 Å². The van der Waals surface area contributed by atoms with Crippen molar-refractivity contribution in [1.82, 2.24) is 25.3 Å². The molecule has 0 saturated carbocycles. The molecule has 7 nitrogen and oxygen atoms in total. The van der Waals surface area contributed by atoms with Crippen LogP contribution < -0.4 is 10.2 Å². The SMILES string of the molecule is CC(C)c1nnc(N2CC(NC(=O)c3ccn(C)n3)C2)s1. The summed E-state index contributed by atoms with van der Waals surface area (Å²) in [5, 5.41) is 17.4. The van der Waals surface area contributed by atoms with Gasteiger partial charge >= 0.3 is 0 Å². The normalized spacial score (nSPS) is 15.3. The molecule has 2 aromatic rings. The van der Waals surface area contributed by atoms with E-state index in [1.54, 1.807) is 35.3 Å². The van der Waals surface area contributed by atoms with E-state index in [4.69, 9.17) is 0 Å².